The summed E-state index contributed by atoms with van der Waals surface area (Å²) in [6, 6.07) is 23.7. The molecule has 4 nitrogen and oxygen atoms in total. The van der Waals surface area contributed by atoms with Crippen LogP contribution in [0.4, 0.5) is 0 Å². The number of aliphatic hydroxyl groups is 1. The highest BCUT2D eigenvalue weighted by atomic mass is 16.5. The maximum Gasteiger partial charge on any atom is 0.164 e. The van der Waals surface area contributed by atoms with E-state index in [4.69, 9.17) is 14.2 Å². The minimum atomic E-state index is -0.615. The van der Waals surface area contributed by atoms with Gasteiger partial charge in [-0.1, -0.05) is 60.7 Å². The lowest BCUT2D eigenvalue weighted by Crippen LogP contribution is -2.31. The van der Waals surface area contributed by atoms with Crippen molar-refractivity contribution < 1.29 is 19.3 Å². The lowest BCUT2D eigenvalue weighted by atomic mass is 9.84. The molecule has 4 heteroatoms. The zero-order valence-corrected chi connectivity index (χ0v) is 15.2. The van der Waals surface area contributed by atoms with Gasteiger partial charge >= 0.3 is 0 Å². The minimum Gasteiger partial charge on any atom is -0.493 e. The maximum atomic E-state index is 10.6. The van der Waals surface area contributed by atoms with Crippen LogP contribution in [0.2, 0.25) is 0 Å². The van der Waals surface area contributed by atoms with Gasteiger partial charge in [0, 0.05) is 17.5 Å². The molecule has 0 aliphatic carbocycles. The molecule has 0 unspecified atom stereocenters. The van der Waals surface area contributed by atoms with Crippen LogP contribution in [0.3, 0.4) is 0 Å². The van der Waals surface area contributed by atoms with Gasteiger partial charge in [-0.05, 0) is 17.2 Å². The Morgan fingerprint density at radius 2 is 1.67 bits per heavy atom. The molecule has 2 atom stereocenters. The first-order valence-electron chi connectivity index (χ1n) is 9.00. The number of ether oxygens (including phenoxy) is 3. The Morgan fingerprint density at radius 1 is 0.963 bits per heavy atom. The largest absolute Gasteiger partial charge is 0.493 e. The number of hydrogen-bond donors (Lipinski definition) is 1. The van der Waals surface area contributed by atoms with Crippen LogP contribution in [0.25, 0.3) is 0 Å². The molecule has 1 aliphatic rings. The molecule has 1 N–H and O–H groups in total. The van der Waals surface area contributed by atoms with Crippen molar-refractivity contribution in [3.05, 3.63) is 89.5 Å². The fraction of sp³-hybridized carbons (Fsp3) is 0.217. The SMILES string of the molecule is COc1cc2c(cc1OCc1ccccc1)[C@@H](c1ccccc1)[C@H](O)CO2. The minimum absolute atomic E-state index is 0.167. The summed E-state index contributed by atoms with van der Waals surface area (Å²) in [6.07, 6.45) is -0.615. The molecule has 0 fully saturated rings. The molecular weight excluding hydrogens is 340 g/mol. The van der Waals surface area contributed by atoms with Gasteiger partial charge in [0.25, 0.3) is 0 Å². The molecule has 0 bridgehead atoms. The smallest absolute Gasteiger partial charge is 0.164 e. The highest BCUT2D eigenvalue weighted by Gasteiger charge is 2.32. The predicted octanol–water partition coefficient (Wildman–Crippen LogP) is 4.16. The molecule has 0 radical (unpaired) electrons. The van der Waals surface area contributed by atoms with Gasteiger partial charge in [-0.25, -0.2) is 0 Å². The van der Waals surface area contributed by atoms with Crippen molar-refractivity contribution in [2.45, 2.75) is 18.6 Å². The van der Waals surface area contributed by atoms with Gasteiger partial charge in [0.05, 0.1) is 13.2 Å². The third-order valence-electron chi connectivity index (χ3n) is 4.82. The van der Waals surface area contributed by atoms with Crippen molar-refractivity contribution in [2.24, 2.45) is 0 Å². The Balaban J connectivity index is 1.70. The molecule has 138 valence electrons. The molecule has 0 saturated carbocycles. The number of fused-ring (bicyclic) bond motifs is 1. The average molecular weight is 362 g/mol. The van der Waals surface area contributed by atoms with E-state index >= 15 is 0 Å². The van der Waals surface area contributed by atoms with E-state index in [1.807, 2.05) is 72.8 Å². The first-order chi connectivity index (χ1) is 13.3. The number of benzene rings is 3. The Hall–Kier alpha value is -2.98. The Labute approximate surface area is 158 Å². The van der Waals surface area contributed by atoms with Crippen LogP contribution in [-0.2, 0) is 6.61 Å². The van der Waals surface area contributed by atoms with Gasteiger partial charge in [-0.15, -0.1) is 0 Å². The van der Waals surface area contributed by atoms with Crippen LogP contribution >= 0.6 is 0 Å². The fourth-order valence-corrected chi connectivity index (χ4v) is 3.47. The van der Waals surface area contributed by atoms with Crippen LogP contribution in [0.15, 0.2) is 72.8 Å². The normalized spacial score (nSPS) is 18.3. The fourth-order valence-electron chi connectivity index (χ4n) is 3.47. The second kappa shape index (κ2) is 7.72. The summed E-state index contributed by atoms with van der Waals surface area (Å²) in [5, 5.41) is 10.6. The van der Waals surface area contributed by atoms with Crippen molar-refractivity contribution >= 4 is 0 Å². The van der Waals surface area contributed by atoms with Crippen LogP contribution in [-0.4, -0.2) is 24.9 Å². The van der Waals surface area contributed by atoms with E-state index in [1.165, 1.54) is 0 Å². The lowest BCUT2D eigenvalue weighted by Gasteiger charge is -2.31. The lowest BCUT2D eigenvalue weighted by molar-refractivity contribution is 0.0766. The molecule has 3 aromatic rings. The number of methoxy groups -OCH3 is 1. The zero-order chi connectivity index (χ0) is 18.6. The van der Waals surface area contributed by atoms with Crippen molar-refractivity contribution in [1.82, 2.24) is 0 Å². The topological polar surface area (TPSA) is 47.9 Å². The number of rotatable bonds is 5. The highest BCUT2D eigenvalue weighted by molar-refractivity contribution is 5.55. The van der Waals surface area contributed by atoms with Crippen LogP contribution < -0.4 is 14.2 Å². The third-order valence-corrected chi connectivity index (χ3v) is 4.82. The van der Waals surface area contributed by atoms with Crippen molar-refractivity contribution in [3.8, 4) is 17.2 Å². The Kier molecular flexibility index (Phi) is 4.99. The van der Waals surface area contributed by atoms with Gasteiger partial charge < -0.3 is 19.3 Å². The Bertz CT molecular complexity index is 893. The monoisotopic (exact) mass is 362 g/mol. The summed E-state index contributed by atoms with van der Waals surface area (Å²) in [4.78, 5) is 0. The first kappa shape index (κ1) is 17.4. The molecule has 27 heavy (non-hydrogen) atoms. The standard InChI is InChI=1S/C23H22O4/c1-25-21-13-20-18(12-22(21)26-14-16-8-4-2-5-9-16)23(19(24)15-27-20)17-10-6-3-7-11-17/h2-13,19,23-24H,14-15H2,1H3/t19-,23-/m1/s1. The molecule has 1 heterocycles. The van der Waals surface area contributed by atoms with E-state index in [1.54, 1.807) is 7.11 Å². The van der Waals surface area contributed by atoms with E-state index in [0.717, 1.165) is 22.4 Å². The Morgan fingerprint density at radius 3 is 2.37 bits per heavy atom. The van der Waals surface area contributed by atoms with Crippen LogP contribution in [0.1, 0.15) is 22.6 Å². The van der Waals surface area contributed by atoms with E-state index in [-0.39, 0.29) is 12.5 Å². The summed E-state index contributed by atoms with van der Waals surface area (Å²) in [7, 11) is 1.61. The quantitative estimate of drug-likeness (QED) is 0.740. The van der Waals surface area contributed by atoms with Gasteiger partial charge in [0.1, 0.15) is 19.0 Å². The summed E-state index contributed by atoms with van der Waals surface area (Å²) in [5.74, 6) is 1.81. The van der Waals surface area contributed by atoms with E-state index < -0.39 is 6.10 Å². The summed E-state index contributed by atoms with van der Waals surface area (Å²) >= 11 is 0. The van der Waals surface area contributed by atoms with Crippen molar-refractivity contribution in [2.75, 3.05) is 13.7 Å². The van der Waals surface area contributed by atoms with Gasteiger partial charge in [-0.2, -0.15) is 0 Å². The van der Waals surface area contributed by atoms with Crippen molar-refractivity contribution in [1.29, 1.82) is 0 Å². The summed E-state index contributed by atoms with van der Waals surface area (Å²) in [5.41, 5.74) is 3.03. The predicted molar refractivity (Wildman–Crippen MR) is 104 cm³/mol. The molecule has 0 saturated heterocycles. The molecule has 4 rings (SSSR count). The summed E-state index contributed by atoms with van der Waals surface area (Å²) in [6.45, 7) is 0.690. The van der Waals surface area contributed by atoms with Gasteiger partial charge in [-0.3, -0.25) is 0 Å². The van der Waals surface area contributed by atoms with Gasteiger partial charge in [0.2, 0.25) is 0 Å². The second-order valence-corrected chi connectivity index (χ2v) is 6.58. The van der Waals surface area contributed by atoms with Gasteiger partial charge in [0.15, 0.2) is 11.5 Å². The summed E-state index contributed by atoms with van der Waals surface area (Å²) < 4.78 is 17.3. The first-order valence-corrected chi connectivity index (χ1v) is 9.00. The zero-order valence-electron chi connectivity index (χ0n) is 15.2. The van der Waals surface area contributed by atoms with Crippen molar-refractivity contribution in [3.63, 3.8) is 0 Å². The molecule has 1 aliphatic heterocycles. The van der Waals surface area contributed by atoms with E-state index in [2.05, 4.69) is 0 Å². The van der Waals surface area contributed by atoms with E-state index in [0.29, 0.717) is 18.1 Å². The molecule has 0 spiro atoms. The third kappa shape index (κ3) is 3.62. The van der Waals surface area contributed by atoms with Crippen LogP contribution in [0, 0.1) is 0 Å². The maximum absolute atomic E-state index is 10.6. The molecular formula is C23H22O4. The van der Waals surface area contributed by atoms with Crippen LogP contribution in [0.5, 0.6) is 17.2 Å². The molecule has 3 aromatic carbocycles. The second-order valence-electron chi connectivity index (χ2n) is 6.58. The molecule has 0 amide bonds. The molecule has 0 aromatic heterocycles. The number of hydrogen-bond acceptors (Lipinski definition) is 4. The van der Waals surface area contributed by atoms with E-state index in [9.17, 15) is 5.11 Å². The number of aliphatic hydroxyl groups excluding tert-OH is 1. The highest BCUT2D eigenvalue weighted by Crippen LogP contribution is 2.44. The average Bonchev–Trinajstić information content (AvgIpc) is 2.73.